The Labute approximate surface area is 99.8 Å². The van der Waals surface area contributed by atoms with Crippen molar-refractivity contribution in [3.63, 3.8) is 0 Å². The van der Waals surface area contributed by atoms with Crippen molar-refractivity contribution in [2.75, 3.05) is 19.6 Å². The lowest BCUT2D eigenvalue weighted by Gasteiger charge is -2.33. The molecule has 0 unspecified atom stereocenters. The summed E-state index contributed by atoms with van der Waals surface area (Å²) in [4.78, 5) is 15.0. The fourth-order valence-electron chi connectivity index (χ4n) is 1.80. The number of nitrogens with one attached hydrogen (secondary N) is 1. The quantitative estimate of drug-likeness (QED) is 0.791. The van der Waals surface area contributed by atoms with Gasteiger partial charge in [-0.3, -0.25) is 4.79 Å². The van der Waals surface area contributed by atoms with Crippen LogP contribution in [0.2, 0.25) is 0 Å². The van der Waals surface area contributed by atoms with E-state index in [1.807, 2.05) is 28.5 Å². The van der Waals surface area contributed by atoms with Crippen molar-refractivity contribution in [3.05, 3.63) is 28.5 Å². The highest BCUT2D eigenvalue weighted by molar-refractivity contribution is 7.10. The van der Waals surface area contributed by atoms with Crippen LogP contribution in [0.15, 0.2) is 23.6 Å². The zero-order chi connectivity index (χ0) is 11.4. The summed E-state index contributed by atoms with van der Waals surface area (Å²) in [5.74, 6) is 0.113. The Bertz CT molecular complexity index is 372. The molecule has 3 nitrogen and oxygen atoms in total. The molecule has 1 amide bonds. The molecule has 0 aliphatic carbocycles. The number of hydrogen-bond donors (Lipinski definition) is 1. The van der Waals surface area contributed by atoms with E-state index in [1.165, 1.54) is 0 Å². The Morgan fingerprint density at radius 3 is 3.25 bits per heavy atom. The molecule has 1 aliphatic rings. The molecular weight excluding hydrogens is 220 g/mol. The first-order chi connectivity index (χ1) is 7.77. The monoisotopic (exact) mass is 236 g/mol. The first-order valence-electron chi connectivity index (χ1n) is 5.50. The Hall–Kier alpha value is -1.13. The van der Waals surface area contributed by atoms with Crippen LogP contribution in [0.3, 0.4) is 0 Å². The molecule has 1 aromatic heterocycles. The zero-order valence-corrected chi connectivity index (χ0v) is 10.2. The molecule has 0 radical (unpaired) electrons. The van der Waals surface area contributed by atoms with E-state index >= 15 is 0 Å². The Morgan fingerprint density at radius 1 is 1.69 bits per heavy atom. The predicted molar refractivity (Wildman–Crippen MR) is 67.4 cm³/mol. The SMILES string of the molecule is C[C@@H]1CNCCN1C(=O)/C=C/c1cccs1. The van der Waals surface area contributed by atoms with Crippen LogP contribution in [0.5, 0.6) is 0 Å². The third-order valence-electron chi connectivity index (χ3n) is 2.72. The van der Waals surface area contributed by atoms with Gasteiger partial charge in [-0.05, 0) is 24.4 Å². The minimum Gasteiger partial charge on any atom is -0.334 e. The predicted octanol–water partition coefficient (Wildman–Crippen LogP) is 1.58. The van der Waals surface area contributed by atoms with Crippen molar-refractivity contribution in [2.45, 2.75) is 13.0 Å². The van der Waals surface area contributed by atoms with Crippen molar-refractivity contribution >= 4 is 23.3 Å². The molecule has 16 heavy (non-hydrogen) atoms. The summed E-state index contributed by atoms with van der Waals surface area (Å²) in [6.07, 6.45) is 3.56. The standard InChI is InChI=1S/C12H16N2OS/c1-10-9-13-6-7-14(10)12(15)5-4-11-3-2-8-16-11/h2-5,8,10,13H,6-7,9H2,1H3/b5-4+/t10-/m1/s1. The molecule has 2 heterocycles. The average molecular weight is 236 g/mol. The van der Waals surface area contributed by atoms with E-state index in [0.717, 1.165) is 24.5 Å². The number of nitrogens with zero attached hydrogens (tertiary/aromatic N) is 1. The third-order valence-corrected chi connectivity index (χ3v) is 3.56. The second kappa shape index (κ2) is 5.27. The number of hydrogen-bond acceptors (Lipinski definition) is 3. The van der Waals surface area contributed by atoms with Crippen LogP contribution in [0, 0.1) is 0 Å². The highest BCUT2D eigenvalue weighted by Crippen LogP contribution is 2.11. The van der Waals surface area contributed by atoms with Gasteiger partial charge in [-0.1, -0.05) is 6.07 Å². The van der Waals surface area contributed by atoms with Gasteiger partial charge in [0.15, 0.2) is 0 Å². The van der Waals surface area contributed by atoms with Crippen LogP contribution in [-0.2, 0) is 4.79 Å². The summed E-state index contributed by atoms with van der Waals surface area (Å²) in [7, 11) is 0. The molecule has 1 aromatic rings. The maximum Gasteiger partial charge on any atom is 0.246 e. The smallest absolute Gasteiger partial charge is 0.246 e. The van der Waals surface area contributed by atoms with Crippen molar-refractivity contribution in [1.82, 2.24) is 10.2 Å². The first-order valence-corrected chi connectivity index (χ1v) is 6.38. The molecule has 0 saturated carbocycles. The molecule has 0 aromatic carbocycles. The topological polar surface area (TPSA) is 32.3 Å². The maximum atomic E-state index is 11.9. The maximum absolute atomic E-state index is 11.9. The van der Waals surface area contributed by atoms with Gasteiger partial charge >= 0.3 is 0 Å². The zero-order valence-electron chi connectivity index (χ0n) is 9.35. The second-order valence-corrected chi connectivity index (χ2v) is 4.91. The van der Waals surface area contributed by atoms with Gasteiger partial charge in [0.25, 0.3) is 0 Å². The van der Waals surface area contributed by atoms with Crippen LogP contribution < -0.4 is 5.32 Å². The summed E-state index contributed by atoms with van der Waals surface area (Å²) in [5.41, 5.74) is 0. The molecule has 1 N–H and O–H groups in total. The number of amides is 1. The number of thiophene rings is 1. The van der Waals surface area contributed by atoms with Gasteiger partial charge in [0.1, 0.15) is 0 Å². The average Bonchev–Trinajstić information content (AvgIpc) is 2.79. The highest BCUT2D eigenvalue weighted by Gasteiger charge is 2.20. The molecule has 0 spiro atoms. The number of carbonyl (C=O) groups excluding carboxylic acids is 1. The molecule has 1 saturated heterocycles. The van der Waals surface area contributed by atoms with Gasteiger partial charge in [-0.15, -0.1) is 11.3 Å². The Morgan fingerprint density at radius 2 is 2.56 bits per heavy atom. The summed E-state index contributed by atoms with van der Waals surface area (Å²) in [5, 5.41) is 5.28. The number of piperazine rings is 1. The highest BCUT2D eigenvalue weighted by atomic mass is 32.1. The summed E-state index contributed by atoms with van der Waals surface area (Å²) >= 11 is 1.64. The van der Waals surface area contributed by atoms with E-state index in [9.17, 15) is 4.79 Å². The molecule has 1 atom stereocenters. The van der Waals surface area contributed by atoms with Crippen LogP contribution in [0.1, 0.15) is 11.8 Å². The normalized spacial score (nSPS) is 21.6. The molecule has 1 aliphatic heterocycles. The molecule has 86 valence electrons. The fraction of sp³-hybridized carbons (Fsp3) is 0.417. The number of rotatable bonds is 2. The molecular formula is C12H16N2OS. The van der Waals surface area contributed by atoms with E-state index in [1.54, 1.807) is 17.4 Å². The van der Waals surface area contributed by atoms with Crippen molar-refractivity contribution in [1.29, 1.82) is 0 Å². The first kappa shape index (κ1) is 11.4. The van der Waals surface area contributed by atoms with Gasteiger partial charge in [0.05, 0.1) is 0 Å². The van der Waals surface area contributed by atoms with Gasteiger partial charge < -0.3 is 10.2 Å². The summed E-state index contributed by atoms with van der Waals surface area (Å²) < 4.78 is 0. The van der Waals surface area contributed by atoms with Gasteiger partial charge in [0, 0.05) is 36.6 Å². The number of carbonyl (C=O) groups is 1. The lowest BCUT2D eigenvalue weighted by molar-refractivity contribution is -0.128. The minimum atomic E-state index is 0.113. The van der Waals surface area contributed by atoms with Crippen LogP contribution in [0.25, 0.3) is 6.08 Å². The van der Waals surface area contributed by atoms with E-state index in [0.29, 0.717) is 0 Å². The van der Waals surface area contributed by atoms with E-state index in [4.69, 9.17) is 0 Å². The summed E-state index contributed by atoms with van der Waals surface area (Å²) in [6.45, 7) is 4.65. The molecule has 0 bridgehead atoms. The Balaban J connectivity index is 1.97. The minimum absolute atomic E-state index is 0.113. The van der Waals surface area contributed by atoms with Gasteiger partial charge in [-0.2, -0.15) is 0 Å². The lowest BCUT2D eigenvalue weighted by atomic mass is 10.2. The molecule has 2 rings (SSSR count). The Kier molecular flexibility index (Phi) is 3.74. The largest absolute Gasteiger partial charge is 0.334 e. The van der Waals surface area contributed by atoms with Crippen LogP contribution in [0.4, 0.5) is 0 Å². The van der Waals surface area contributed by atoms with Crippen LogP contribution >= 0.6 is 11.3 Å². The van der Waals surface area contributed by atoms with E-state index in [2.05, 4.69) is 12.2 Å². The van der Waals surface area contributed by atoms with Crippen molar-refractivity contribution in [2.24, 2.45) is 0 Å². The van der Waals surface area contributed by atoms with E-state index in [-0.39, 0.29) is 11.9 Å². The molecule has 4 heteroatoms. The summed E-state index contributed by atoms with van der Waals surface area (Å²) in [6, 6.07) is 4.28. The van der Waals surface area contributed by atoms with Gasteiger partial charge in [0.2, 0.25) is 5.91 Å². The van der Waals surface area contributed by atoms with Crippen molar-refractivity contribution in [3.8, 4) is 0 Å². The van der Waals surface area contributed by atoms with Gasteiger partial charge in [-0.25, -0.2) is 0 Å². The fourth-order valence-corrected chi connectivity index (χ4v) is 2.42. The van der Waals surface area contributed by atoms with Crippen molar-refractivity contribution < 1.29 is 4.79 Å². The van der Waals surface area contributed by atoms with Crippen LogP contribution in [-0.4, -0.2) is 36.5 Å². The molecule has 1 fully saturated rings. The lowest BCUT2D eigenvalue weighted by Crippen LogP contribution is -2.51. The van der Waals surface area contributed by atoms with E-state index < -0.39 is 0 Å². The third kappa shape index (κ3) is 2.71. The second-order valence-electron chi connectivity index (χ2n) is 3.93.